The van der Waals surface area contributed by atoms with E-state index in [1.54, 1.807) is 30.3 Å². The molecule has 2 aliphatic carbocycles. The van der Waals surface area contributed by atoms with Gasteiger partial charge in [-0.05, 0) is 38.0 Å². The van der Waals surface area contributed by atoms with Crippen LogP contribution in [0.5, 0.6) is 0 Å². The number of allylic oxidation sites excluding steroid dienone is 1. The van der Waals surface area contributed by atoms with E-state index >= 15 is 0 Å². The van der Waals surface area contributed by atoms with E-state index in [0.29, 0.717) is 24.0 Å². The van der Waals surface area contributed by atoms with Crippen molar-refractivity contribution in [3.63, 3.8) is 0 Å². The molecule has 0 heterocycles. The molecule has 0 saturated heterocycles. The number of carbonyl (C=O) groups is 3. The average molecular weight is 344 g/mol. The van der Waals surface area contributed by atoms with Gasteiger partial charge in [-0.2, -0.15) is 0 Å². The van der Waals surface area contributed by atoms with E-state index in [4.69, 9.17) is 9.47 Å². The van der Waals surface area contributed by atoms with Crippen molar-refractivity contribution in [1.82, 2.24) is 0 Å². The topological polar surface area (TPSA) is 89.9 Å². The van der Waals surface area contributed by atoms with Gasteiger partial charge in [0.15, 0.2) is 5.78 Å². The summed E-state index contributed by atoms with van der Waals surface area (Å²) in [4.78, 5) is 36.5. The van der Waals surface area contributed by atoms with Crippen molar-refractivity contribution in [3.05, 3.63) is 47.5 Å². The van der Waals surface area contributed by atoms with Gasteiger partial charge in [-0.3, -0.25) is 9.59 Å². The first-order chi connectivity index (χ1) is 11.9. The Labute approximate surface area is 145 Å². The summed E-state index contributed by atoms with van der Waals surface area (Å²) in [5.41, 5.74) is -0.455. The largest absolute Gasteiger partial charge is 0.468 e. The molecule has 1 aromatic rings. The molecule has 25 heavy (non-hydrogen) atoms. The summed E-state index contributed by atoms with van der Waals surface area (Å²) in [6.45, 7) is 1.50. The number of fused-ring (bicyclic) bond motifs is 1. The minimum atomic E-state index is -1.54. The van der Waals surface area contributed by atoms with Crippen molar-refractivity contribution >= 4 is 17.7 Å². The summed E-state index contributed by atoms with van der Waals surface area (Å²) in [6.07, 6.45) is 1.46. The summed E-state index contributed by atoms with van der Waals surface area (Å²) < 4.78 is 10.2. The normalized spacial score (nSPS) is 31.1. The molecule has 132 valence electrons. The van der Waals surface area contributed by atoms with Gasteiger partial charge >= 0.3 is 11.9 Å². The Morgan fingerprint density at radius 3 is 2.56 bits per heavy atom. The van der Waals surface area contributed by atoms with E-state index in [1.807, 2.05) is 0 Å². The van der Waals surface area contributed by atoms with Crippen LogP contribution >= 0.6 is 0 Å². The van der Waals surface area contributed by atoms with Crippen LogP contribution in [-0.4, -0.2) is 41.6 Å². The van der Waals surface area contributed by atoms with Crippen molar-refractivity contribution in [1.29, 1.82) is 0 Å². The second-order valence-electron chi connectivity index (χ2n) is 6.62. The maximum Gasteiger partial charge on any atom is 0.338 e. The second-order valence-corrected chi connectivity index (χ2v) is 6.62. The molecule has 1 fully saturated rings. The molecule has 4 atom stereocenters. The van der Waals surface area contributed by atoms with Crippen LogP contribution in [0.1, 0.15) is 30.1 Å². The van der Waals surface area contributed by atoms with Crippen LogP contribution < -0.4 is 0 Å². The zero-order chi connectivity index (χ0) is 18.2. The lowest BCUT2D eigenvalue weighted by molar-refractivity contribution is -0.161. The van der Waals surface area contributed by atoms with Gasteiger partial charge in [-0.25, -0.2) is 4.79 Å². The van der Waals surface area contributed by atoms with Gasteiger partial charge in [0, 0.05) is 5.92 Å². The van der Waals surface area contributed by atoms with Gasteiger partial charge in [-0.15, -0.1) is 0 Å². The first kappa shape index (κ1) is 17.4. The molecule has 2 aliphatic rings. The lowest BCUT2D eigenvalue weighted by atomic mass is 9.68. The van der Waals surface area contributed by atoms with Crippen molar-refractivity contribution in [2.75, 3.05) is 7.11 Å². The van der Waals surface area contributed by atoms with Crippen molar-refractivity contribution in [2.24, 2.45) is 11.8 Å². The quantitative estimate of drug-likeness (QED) is 0.663. The highest BCUT2D eigenvalue weighted by Crippen LogP contribution is 2.47. The van der Waals surface area contributed by atoms with E-state index in [0.717, 1.165) is 0 Å². The molecule has 1 aromatic carbocycles. The molecule has 0 aliphatic heterocycles. The molecule has 3 rings (SSSR count). The summed E-state index contributed by atoms with van der Waals surface area (Å²) in [5, 5.41) is 11.1. The van der Waals surface area contributed by atoms with E-state index < -0.39 is 35.5 Å². The number of ether oxygens (including phenoxy) is 2. The summed E-state index contributed by atoms with van der Waals surface area (Å²) >= 11 is 0. The highest BCUT2D eigenvalue weighted by molar-refractivity contribution is 6.08. The molecule has 0 unspecified atom stereocenters. The minimum absolute atomic E-state index is 0.373. The molecule has 1 saturated carbocycles. The van der Waals surface area contributed by atoms with E-state index in [-0.39, 0.29) is 5.78 Å². The Morgan fingerprint density at radius 1 is 1.24 bits per heavy atom. The Balaban J connectivity index is 1.84. The monoisotopic (exact) mass is 344 g/mol. The number of esters is 2. The number of benzene rings is 1. The van der Waals surface area contributed by atoms with Crippen LogP contribution in [-0.2, 0) is 19.1 Å². The molecule has 0 radical (unpaired) electrons. The zero-order valence-corrected chi connectivity index (χ0v) is 14.1. The van der Waals surface area contributed by atoms with E-state index in [9.17, 15) is 19.5 Å². The summed E-state index contributed by atoms with van der Waals surface area (Å²) in [7, 11) is 1.21. The maximum absolute atomic E-state index is 12.3. The molecular formula is C19H20O6. The fourth-order valence-electron chi connectivity index (χ4n) is 3.80. The summed E-state index contributed by atoms with van der Waals surface area (Å²) in [6, 6.07) is 8.48. The highest BCUT2D eigenvalue weighted by atomic mass is 16.6. The van der Waals surface area contributed by atoms with Crippen LogP contribution in [0, 0.1) is 11.8 Å². The number of ketones is 1. The molecule has 0 spiro atoms. The number of aliphatic hydroxyl groups is 1. The Kier molecular flexibility index (Phi) is 4.47. The minimum Gasteiger partial charge on any atom is -0.468 e. The lowest BCUT2D eigenvalue weighted by Crippen LogP contribution is -2.54. The zero-order valence-electron chi connectivity index (χ0n) is 14.1. The predicted octanol–water partition coefficient (Wildman–Crippen LogP) is 1.67. The molecule has 0 aromatic heterocycles. The Hall–Kier alpha value is -2.47. The second kappa shape index (κ2) is 6.44. The van der Waals surface area contributed by atoms with Crippen LogP contribution in [0.4, 0.5) is 0 Å². The standard InChI is InChI=1S/C19H20O6/c1-19(23)14(25-17(21)11-6-4-3-5-7-11)9-8-12-10-13(20)15(16(12)19)18(22)24-2/h3-7,10,14-16,23H,8-9H2,1-2H3/t14-,15-,16-,19+/m0/s1. The average Bonchev–Trinajstić information content (AvgIpc) is 2.95. The molecular weight excluding hydrogens is 324 g/mol. The first-order valence-electron chi connectivity index (χ1n) is 8.16. The van der Waals surface area contributed by atoms with Crippen molar-refractivity contribution in [2.45, 2.75) is 31.5 Å². The maximum atomic E-state index is 12.3. The highest BCUT2D eigenvalue weighted by Gasteiger charge is 2.56. The predicted molar refractivity (Wildman–Crippen MR) is 87.6 cm³/mol. The van der Waals surface area contributed by atoms with Gasteiger partial charge in [0.2, 0.25) is 0 Å². The van der Waals surface area contributed by atoms with Gasteiger partial charge < -0.3 is 14.6 Å². The third-order valence-corrected chi connectivity index (χ3v) is 5.06. The number of rotatable bonds is 3. The van der Waals surface area contributed by atoms with E-state index in [2.05, 4.69) is 0 Å². The Bertz CT molecular complexity index is 734. The first-order valence-corrected chi connectivity index (χ1v) is 8.16. The van der Waals surface area contributed by atoms with Crippen molar-refractivity contribution in [3.8, 4) is 0 Å². The SMILES string of the molecule is COC(=O)[C@H]1C(=O)C=C2CC[C@H](OC(=O)c3ccccc3)[C@@](C)(O)[C@@H]21. The van der Waals surface area contributed by atoms with Crippen LogP contribution in [0.2, 0.25) is 0 Å². The smallest absolute Gasteiger partial charge is 0.338 e. The molecule has 6 heteroatoms. The van der Waals surface area contributed by atoms with Gasteiger partial charge in [0.25, 0.3) is 0 Å². The van der Waals surface area contributed by atoms with Gasteiger partial charge in [0.1, 0.15) is 17.6 Å². The van der Waals surface area contributed by atoms with Gasteiger partial charge in [-0.1, -0.05) is 23.8 Å². The van der Waals surface area contributed by atoms with Gasteiger partial charge in [0.05, 0.1) is 12.7 Å². The number of carbonyl (C=O) groups excluding carboxylic acids is 3. The Morgan fingerprint density at radius 2 is 1.92 bits per heavy atom. The molecule has 6 nitrogen and oxygen atoms in total. The van der Waals surface area contributed by atoms with Crippen molar-refractivity contribution < 1.29 is 29.0 Å². The van der Waals surface area contributed by atoms with Crippen LogP contribution in [0.15, 0.2) is 42.0 Å². The third-order valence-electron chi connectivity index (χ3n) is 5.06. The number of methoxy groups -OCH3 is 1. The third kappa shape index (κ3) is 2.98. The number of hydrogen-bond acceptors (Lipinski definition) is 6. The number of hydrogen-bond donors (Lipinski definition) is 1. The van der Waals surface area contributed by atoms with Crippen LogP contribution in [0.25, 0.3) is 0 Å². The molecule has 1 N–H and O–H groups in total. The molecule has 0 amide bonds. The fourth-order valence-corrected chi connectivity index (χ4v) is 3.80. The summed E-state index contributed by atoms with van der Waals surface area (Å²) in [5.74, 6) is -3.43. The van der Waals surface area contributed by atoms with E-state index in [1.165, 1.54) is 20.1 Å². The molecule has 0 bridgehead atoms. The van der Waals surface area contributed by atoms with Crippen LogP contribution in [0.3, 0.4) is 0 Å². The lowest BCUT2D eigenvalue weighted by Gasteiger charge is -2.43. The fraction of sp³-hybridized carbons (Fsp3) is 0.421.